The predicted molar refractivity (Wildman–Crippen MR) is 40.1 cm³/mol. The number of hydrogen-bond acceptors (Lipinski definition) is 2. The minimum Gasteiger partial charge on any atom is -0.421 e. The molecule has 0 saturated heterocycles. The molecule has 0 heterocycles. The summed E-state index contributed by atoms with van der Waals surface area (Å²) in [6, 6.07) is 1.04. The van der Waals surface area contributed by atoms with Gasteiger partial charge in [0.05, 0.1) is 0 Å². The molecule has 0 aliphatic heterocycles. The number of rotatable bonds is 1. The molecule has 0 aliphatic carbocycles. The van der Waals surface area contributed by atoms with Gasteiger partial charge in [-0.1, -0.05) is 20.8 Å². The largest absolute Gasteiger partial charge is 0.421 e. The van der Waals surface area contributed by atoms with Gasteiger partial charge >= 0.3 is 0 Å². The van der Waals surface area contributed by atoms with Crippen LogP contribution in [0, 0.1) is 5.41 Å². The van der Waals surface area contributed by atoms with Crippen molar-refractivity contribution in [1.82, 2.24) is 0 Å². The second-order valence-electron chi connectivity index (χ2n) is 3.57. The third kappa shape index (κ3) is 5.69. The van der Waals surface area contributed by atoms with E-state index in [1.807, 2.05) is 6.55 Å². The van der Waals surface area contributed by atoms with Crippen LogP contribution < -0.4 is 0 Å². The molecule has 0 radical (unpaired) electrons. The summed E-state index contributed by atoms with van der Waals surface area (Å²) in [5.41, 5.74) is 0.315. The van der Waals surface area contributed by atoms with E-state index in [2.05, 4.69) is 25.6 Å². The summed E-state index contributed by atoms with van der Waals surface area (Å²) in [7, 11) is -0.806. The summed E-state index contributed by atoms with van der Waals surface area (Å²) < 4.78 is 0. The lowest BCUT2D eigenvalue weighted by atomic mass is 10.0. The van der Waals surface area contributed by atoms with Crippen LogP contribution in [0.2, 0.25) is 12.6 Å². The first-order valence-electron chi connectivity index (χ1n) is 3.13. The molecule has 0 spiro atoms. The van der Waals surface area contributed by atoms with Crippen LogP contribution in [-0.4, -0.2) is 13.8 Å². The Labute approximate surface area is 58.2 Å². The van der Waals surface area contributed by atoms with Crippen LogP contribution in [0.1, 0.15) is 20.8 Å². The maximum absolute atomic E-state index is 8.37. The minimum absolute atomic E-state index is 0.315. The maximum atomic E-state index is 8.37. The van der Waals surface area contributed by atoms with Crippen molar-refractivity contribution in [3.05, 3.63) is 0 Å². The average molecular weight is 145 g/mol. The van der Waals surface area contributed by atoms with Gasteiger partial charge in [0.1, 0.15) is 0 Å². The zero-order chi connectivity index (χ0) is 7.49. The first kappa shape index (κ1) is 8.82. The van der Waals surface area contributed by atoms with E-state index in [1.165, 1.54) is 0 Å². The molecule has 9 heavy (non-hydrogen) atoms. The highest BCUT2D eigenvalue weighted by atomic mass is 28.2. The molecule has 0 aliphatic rings. The molecule has 0 aromatic rings. The topological polar surface area (TPSA) is 32.6 Å². The van der Waals surface area contributed by atoms with Crippen LogP contribution in [0.15, 0.2) is 4.80 Å². The van der Waals surface area contributed by atoms with Crippen LogP contribution in [0.25, 0.3) is 0 Å². The van der Waals surface area contributed by atoms with Gasteiger partial charge in [0.25, 0.3) is 0 Å². The van der Waals surface area contributed by atoms with Gasteiger partial charge in [-0.15, -0.1) is 0 Å². The van der Waals surface area contributed by atoms with Gasteiger partial charge in [-0.3, -0.25) is 0 Å². The highest BCUT2D eigenvalue weighted by Crippen LogP contribution is 2.19. The summed E-state index contributed by atoms with van der Waals surface area (Å²) >= 11 is 0. The van der Waals surface area contributed by atoms with E-state index in [0.29, 0.717) is 5.41 Å². The summed E-state index contributed by atoms with van der Waals surface area (Å²) in [5, 5.41) is 8.37. The monoisotopic (exact) mass is 145 g/mol. The molecular formula is C6H15NOSi. The third-order valence-corrected chi connectivity index (χ3v) is 2.87. The second-order valence-corrected chi connectivity index (χ2v) is 5.60. The van der Waals surface area contributed by atoms with Gasteiger partial charge < -0.3 is 5.21 Å². The van der Waals surface area contributed by atoms with Gasteiger partial charge in [0.2, 0.25) is 0 Å². The maximum Gasteiger partial charge on any atom is 0.177 e. The fraction of sp³-hybridized carbons (Fsp3) is 1.00. The minimum atomic E-state index is -0.806. The van der Waals surface area contributed by atoms with Crippen molar-refractivity contribution in [3.8, 4) is 0 Å². The van der Waals surface area contributed by atoms with E-state index >= 15 is 0 Å². The first-order valence-corrected chi connectivity index (χ1v) is 5.29. The van der Waals surface area contributed by atoms with Crippen LogP contribution >= 0.6 is 0 Å². The Morgan fingerprint density at radius 2 is 1.89 bits per heavy atom. The van der Waals surface area contributed by atoms with Crippen LogP contribution in [0.3, 0.4) is 0 Å². The average Bonchev–Trinajstić information content (AvgIpc) is 1.62. The highest BCUT2D eigenvalue weighted by molar-refractivity contribution is 6.44. The molecule has 0 aromatic carbocycles. The summed E-state index contributed by atoms with van der Waals surface area (Å²) in [4.78, 5) is 3.28. The first-order chi connectivity index (χ1) is 3.95. The molecule has 0 unspecified atom stereocenters. The summed E-state index contributed by atoms with van der Waals surface area (Å²) in [6.45, 7) is 8.49. The summed E-state index contributed by atoms with van der Waals surface area (Å²) in [6.07, 6.45) is 0. The molecule has 0 saturated carbocycles. The fourth-order valence-electron chi connectivity index (χ4n) is 0.803. The number of hydrogen-bond donors (Lipinski definition) is 1. The lowest BCUT2D eigenvalue weighted by Crippen LogP contribution is -2.10. The number of nitrogens with zero attached hydrogens (tertiary/aromatic N) is 1. The van der Waals surface area contributed by atoms with Gasteiger partial charge in [-0.05, 0) is 18.0 Å². The Bertz CT molecular complexity index is 115. The van der Waals surface area contributed by atoms with Crippen LogP contribution in [0.5, 0.6) is 0 Å². The fourth-order valence-corrected chi connectivity index (χ4v) is 2.41. The van der Waals surface area contributed by atoms with E-state index in [9.17, 15) is 0 Å². The molecule has 0 rings (SSSR count). The SMILES string of the molecule is C[Si](CC(C)(C)C)=NO. The van der Waals surface area contributed by atoms with Crippen molar-refractivity contribution in [2.24, 2.45) is 10.2 Å². The Kier molecular flexibility index (Phi) is 3.04. The molecule has 2 nitrogen and oxygen atoms in total. The van der Waals surface area contributed by atoms with Gasteiger partial charge in [0, 0.05) is 0 Å². The third-order valence-electron chi connectivity index (χ3n) is 0.957. The molecule has 0 atom stereocenters. The Balaban J connectivity index is 3.75. The van der Waals surface area contributed by atoms with Crippen molar-refractivity contribution in [3.63, 3.8) is 0 Å². The van der Waals surface area contributed by atoms with Gasteiger partial charge in [-0.25, -0.2) is 0 Å². The van der Waals surface area contributed by atoms with E-state index in [4.69, 9.17) is 5.21 Å². The Hall–Kier alpha value is -0.183. The van der Waals surface area contributed by atoms with E-state index in [-0.39, 0.29) is 0 Å². The highest BCUT2D eigenvalue weighted by Gasteiger charge is 2.12. The van der Waals surface area contributed by atoms with Crippen molar-refractivity contribution in [2.45, 2.75) is 33.4 Å². The summed E-state index contributed by atoms with van der Waals surface area (Å²) in [5.74, 6) is 0. The Morgan fingerprint density at radius 1 is 1.44 bits per heavy atom. The zero-order valence-corrected chi connectivity index (χ0v) is 7.60. The Morgan fingerprint density at radius 3 is 2.00 bits per heavy atom. The quantitative estimate of drug-likeness (QED) is 0.445. The molecule has 54 valence electrons. The lowest BCUT2D eigenvalue weighted by Gasteiger charge is -2.15. The van der Waals surface area contributed by atoms with Gasteiger partial charge in [-0.2, -0.15) is 4.80 Å². The standard InChI is InChI=1S/C6H15NOSi/c1-6(2,3)5-9(4)7-8/h8H,5H2,1-4H3. The lowest BCUT2D eigenvalue weighted by molar-refractivity contribution is 0.320. The van der Waals surface area contributed by atoms with Gasteiger partial charge in [0.15, 0.2) is 8.59 Å². The van der Waals surface area contributed by atoms with Crippen molar-refractivity contribution in [2.75, 3.05) is 0 Å². The molecule has 0 bridgehead atoms. The second kappa shape index (κ2) is 3.10. The van der Waals surface area contributed by atoms with E-state index in [1.54, 1.807) is 0 Å². The molecule has 3 heteroatoms. The zero-order valence-electron chi connectivity index (χ0n) is 6.60. The molecule has 0 amide bonds. The molecule has 0 fully saturated rings. The molecule has 1 N–H and O–H groups in total. The normalized spacial score (nSPS) is 14.0. The molecule has 0 aromatic heterocycles. The predicted octanol–water partition coefficient (Wildman–Crippen LogP) is 2.31. The van der Waals surface area contributed by atoms with E-state index < -0.39 is 8.59 Å². The van der Waals surface area contributed by atoms with E-state index in [0.717, 1.165) is 6.04 Å². The van der Waals surface area contributed by atoms with Crippen molar-refractivity contribution in [1.29, 1.82) is 0 Å². The van der Waals surface area contributed by atoms with Crippen LogP contribution in [0.4, 0.5) is 0 Å². The van der Waals surface area contributed by atoms with Crippen molar-refractivity contribution >= 4 is 8.59 Å². The molecular weight excluding hydrogens is 130 g/mol. The van der Waals surface area contributed by atoms with Crippen LogP contribution in [-0.2, 0) is 0 Å². The van der Waals surface area contributed by atoms with Crippen molar-refractivity contribution < 1.29 is 5.21 Å². The smallest absolute Gasteiger partial charge is 0.177 e.